The van der Waals surface area contributed by atoms with Gasteiger partial charge in [0.2, 0.25) is 5.91 Å². The number of nitrogens with one attached hydrogen (secondary N) is 2. The van der Waals surface area contributed by atoms with E-state index in [4.69, 9.17) is 52.1 Å². The molecule has 258 valence electrons. The third kappa shape index (κ3) is 39.0. The molecule has 43 heavy (non-hydrogen) atoms. The van der Waals surface area contributed by atoms with Crippen molar-refractivity contribution in [2.75, 3.05) is 159 Å². The Hall–Kier alpha value is -1.01. The number of carbonyl (C=O) groups is 1. The van der Waals surface area contributed by atoms with Crippen LogP contribution in [0.1, 0.15) is 26.2 Å². The molecule has 0 saturated heterocycles. The second-order valence-corrected chi connectivity index (χ2v) is 8.98. The van der Waals surface area contributed by atoms with Gasteiger partial charge in [-0.3, -0.25) is 10.1 Å². The fraction of sp³-hybridized carbons (Fsp3) is 0.966. The molecular formula is C29H60N2O12. The van der Waals surface area contributed by atoms with E-state index in [-0.39, 0.29) is 5.91 Å². The fourth-order valence-electron chi connectivity index (χ4n) is 3.06. The first-order chi connectivity index (χ1) is 21.3. The van der Waals surface area contributed by atoms with Crippen LogP contribution in [-0.4, -0.2) is 165 Å². The zero-order chi connectivity index (χ0) is 31.2. The number of hydrogen-bond donors (Lipinski definition) is 2. The Labute approximate surface area is 258 Å². The van der Waals surface area contributed by atoms with Crippen LogP contribution in [0.25, 0.3) is 0 Å². The van der Waals surface area contributed by atoms with Crippen molar-refractivity contribution in [3.8, 4) is 0 Å². The van der Waals surface area contributed by atoms with Crippen LogP contribution in [0.2, 0.25) is 0 Å². The van der Waals surface area contributed by atoms with Crippen LogP contribution in [-0.2, 0) is 56.9 Å². The van der Waals surface area contributed by atoms with Gasteiger partial charge in [-0.25, -0.2) is 0 Å². The fourth-order valence-corrected chi connectivity index (χ4v) is 3.06. The molecule has 14 nitrogen and oxygen atoms in total. The average molecular weight is 629 g/mol. The van der Waals surface area contributed by atoms with Crippen molar-refractivity contribution in [1.82, 2.24) is 10.6 Å². The Morgan fingerprint density at radius 2 is 0.721 bits per heavy atom. The van der Waals surface area contributed by atoms with Gasteiger partial charge in [-0.2, -0.15) is 0 Å². The quantitative estimate of drug-likeness (QED) is 0.0731. The molecule has 0 fully saturated rings. The summed E-state index contributed by atoms with van der Waals surface area (Å²) in [5.74, 6) is 0.0801. The van der Waals surface area contributed by atoms with Gasteiger partial charge in [-0.15, -0.1) is 0 Å². The van der Waals surface area contributed by atoms with E-state index in [0.717, 1.165) is 12.8 Å². The zero-order valence-corrected chi connectivity index (χ0v) is 26.8. The van der Waals surface area contributed by atoms with Crippen LogP contribution in [0, 0.1) is 0 Å². The predicted octanol–water partition coefficient (Wildman–Crippen LogP) is 0.652. The molecule has 0 aliphatic rings. The van der Waals surface area contributed by atoms with Gasteiger partial charge < -0.3 is 57.4 Å². The summed E-state index contributed by atoms with van der Waals surface area (Å²) < 4.78 is 59.6. The lowest BCUT2D eigenvalue weighted by Gasteiger charge is -2.09. The van der Waals surface area contributed by atoms with Gasteiger partial charge in [0, 0.05) is 13.0 Å². The van der Waals surface area contributed by atoms with Crippen LogP contribution in [0.5, 0.6) is 0 Å². The summed E-state index contributed by atoms with van der Waals surface area (Å²) in [6, 6.07) is 0. The maximum Gasteiger partial charge on any atom is 0.220 e. The van der Waals surface area contributed by atoms with Crippen molar-refractivity contribution in [3.05, 3.63) is 0 Å². The van der Waals surface area contributed by atoms with Gasteiger partial charge in [0.1, 0.15) is 0 Å². The second-order valence-electron chi connectivity index (χ2n) is 8.98. The molecule has 0 aromatic heterocycles. The Morgan fingerprint density at radius 3 is 1.00 bits per heavy atom. The summed E-state index contributed by atoms with van der Waals surface area (Å²) in [4.78, 5) is 11.4. The van der Waals surface area contributed by atoms with E-state index < -0.39 is 0 Å². The molecule has 0 radical (unpaired) electrons. The van der Waals surface area contributed by atoms with Crippen LogP contribution >= 0.6 is 0 Å². The highest BCUT2D eigenvalue weighted by molar-refractivity contribution is 5.75. The predicted molar refractivity (Wildman–Crippen MR) is 161 cm³/mol. The number of ether oxygens (including phenoxy) is 11. The molecule has 0 spiro atoms. The van der Waals surface area contributed by atoms with E-state index in [1.807, 2.05) is 7.05 Å². The number of unbranched alkanes of at least 4 members (excludes halogenated alkanes) is 1. The normalized spacial score (nSPS) is 11.4. The van der Waals surface area contributed by atoms with Gasteiger partial charge in [0.15, 0.2) is 0 Å². The van der Waals surface area contributed by atoms with Gasteiger partial charge in [-0.05, 0) is 13.5 Å². The van der Waals surface area contributed by atoms with Crippen molar-refractivity contribution in [2.24, 2.45) is 0 Å². The Balaban J connectivity index is 3.06. The topological polar surface area (TPSA) is 143 Å². The van der Waals surface area contributed by atoms with Crippen LogP contribution in [0.4, 0.5) is 0 Å². The molecule has 2 N–H and O–H groups in total. The number of hydrogen-bond acceptors (Lipinski definition) is 13. The summed E-state index contributed by atoms with van der Waals surface area (Å²) in [7, 11) is 1.83. The lowest BCUT2D eigenvalue weighted by molar-refractivity contribution is -0.121. The van der Waals surface area contributed by atoms with E-state index in [0.29, 0.717) is 158 Å². The SMILES string of the molecule is CCCCC(=O)NCCOCCOCCOCCOCCOCCOCCOCCOCCOCCOCCOCNC. The molecule has 14 heteroatoms. The highest BCUT2D eigenvalue weighted by Crippen LogP contribution is 1.92. The summed E-state index contributed by atoms with van der Waals surface area (Å²) in [6.45, 7) is 13.9. The lowest BCUT2D eigenvalue weighted by atomic mass is 10.2. The maximum atomic E-state index is 11.4. The lowest BCUT2D eigenvalue weighted by Crippen LogP contribution is -2.27. The number of amides is 1. The second kappa shape index (κ2) is 39.0. The van der Waals surface area contributed by atoms with Gasteiger partial charge in [-0.1, -0.05) is 13.3 Å². The molecular weight excluding hydrogens is 568 g/mol. The third-order valence-corrected chi connectivity index (χ3v) is 5.29. The summed E-state index contributed by atoms with van der Waals surface area (Å²) in [5, 5.41) is 5.72. The molecule has 0 atom stereocenters. The monoisotopic (exact) mass is 628 g/mol. The minimum atomic E-state index is 0.0801. The van der Waals surface area contributed by atoms with E-state index in [1.54, 1.807) is 0 Å². The van der Waals surface area contributed by atoms with Crippen molar-refractivity contribution in [1.29, 1.82) is 0 Å². The molecule has 0 aliphatic heterocycles. The van der Waals surface area contributed by atoms with Gasteiger partial charge >= 0.3 is 0 Å². The van der Waals surface area contributed by atoms with Gasteiger partial charge in [0.25, 0.3) is 0 Å². The molecule has 0 rings (SSSR count). The first-order valence-corrected chi connectivity index (χ1v) is 15.6. The highest BCUT2D eigenvalue weighted by atomic mass is 16.6. The Morgan fingerprint density at radius 1 is 0.442 bits per heavy atom. The van der Waals surface area contributed by atoms with E-state index in [1.165, 1.54) is 0 Å². The van der Waals surface area contributed by atoms with Crippen molar-refractivity contribution < 1.29 is 56.9 Å². The average Bonchev–Trinajstić information content (AvgIpc) is 3.02. The first-order valence-electron chi connectivity index (χ1n) is 15.6. The van der Waals surface area contributed by atoms with E-state index >= 15 is 0 Å². The highest BCUT2D eigenvalue weighted by Gasteiger charge is 1.99. The summed E-state index contributed by atoms with van der Waals surface area (Å²) in [5.41, 5.74) is 0. The van der Waals surface area contributed by atoms with Crippen molar-refractivity contribution >= 4 is 5.91 Å². The largest absolute Gasteiger partial charge is 0.377 e. The molecule has 0 heterocycles. The smallest absolute Gasteiger partial charge is 0.220 e. The Bertz CT molecular complexity index is 538. The van der Waals surface area contributed by atoms with Crippen LogP contribution < -0.4 is 10.6 Å². The van der Waals surface area contributed by atoms with Crippen LogP contribution in [0.3, 0.4) is 0 Å². The van der Waals surface area contributed by atoms with Crippen LogP contribution in [0.15, 0.2) is 0 Å². The molecule has 0 bridgehead atoms. The molecule has 0 aliphatic carbocycles. The zero-order valence-electron chi connectivity index (χ0n) is 26.8. The van der Waals surface area contributed by atoms with E-state index in [2.05, 4.69) is 17.6 Å². The molecule has 0 aromatic rings. The minimum absolute atomic E-state index is 0.0801. The molecule has 0 unspecified atom stereocenters. The summed E-state index contributed by atoms with van der Waals surface area (Å²) >= 11 is 0. The summed E-state index contributed by atoms with van der Waals surface area (Å²) in [6.07, 6.45) is 2.52. The molecule has 0 aromatic carbocycles. The number of carbonyl (C=O) groups excluding carboxylic acids is 1. The number of rotatable bonds is 38. The maximum absolute atomic E-state index is 11.4. The molecule has 1 amide bonds. The van der Waals surface area contributed by atoms with Gasteiger partial charge in [0.05, 0.1) is 145 Å². The third-order valence-electron chi connectivity index (χ3n) is 5.29. The standard InChI is InChI=1S/C29H60N2O12/c1-3-4-5-29(32)31-6-7-33-8-9-34-10-11-35-12-13-36-14-15-37-16-17-38-18-19-39-20-21-40-22-23-41-24-25-42-26-27-43-28-30-2/h30H,3-28H2,1-2H3,(H,31,32). The first kappa shape index (κ1) is 42.0. The van der Waals surface area contributed by atoms with Crippen molar-refractivity contribution in [2.45, 2.75) is 26.2 Å². The minimum Gasteiger partial charge on any atom is -0.377 e. The molecule has 0 saturated carbocycles. The van der Waals surface area contributed by atoms with Crippen molar-refractivity contribution in [3.63, 3.8) is 0 Å². The Kier molecular flexibility index (Phi) is 38.1. The van der Waals surface area contributed by atoms with E-state index in [9.17, 15) is 4.79 Å².